The topological polar surface area (TPSA) is 43.4 Å². The van der Waals surface area contributed by atoms with Gasteiger partial charge in [0.1, 0.15) is 6.29 Å². The predicted octanol–water partition coefficient (Wildman–Crippen LogP) is 2.50. The van der Waals surface area contributed by atoms with Crippen molar-refractivity contribution in [1.82, 2.24) is 0 Å². The number of allylic oxidation sites excluding steroid dienone is 2. The number of unbranched alkanes of at least 4 members (excludes halogenated alkanes) is 1. The maximum Gasteiger partial charge on any atom is 0.308 e. The molecule has 0 saturated carbocycles. The Morgan fingerprint density at radius 2 is 2.13 bits per heavy atom. The number of aldehydes is 1. The molecule has 0 fully saturated rings. The van der Waals surface area contributed by atoms with Gasteiger partial charge in [-0.05, 0) is 38.7 Å². The zero-order valence-electron chi connectivity index (χ0n) is 9.57. The summed E-state index contributed by atoms with van der Waals surface area (Å²) in [6.07, 6.45) is 7.49. The van der Waals surface area contributed by atoms with E-state index >= 15 is 0 Å². The number of carbonyl (C=O) groups excluding carboxylic acids is 2. The Morgan fingerprint density at radius 1 is 1.40 bits per heavy atom. The molecule has 0 radical (unpaired) electrons. The molecule has 0 aliphatic rings. The van der Waals surface area contributed by atoms with Crippen LogP contribution in [0.15, 0.2) is 12.2 Å². The lowest BCUT2D eigenvalue weighted by Crippen LogP contribution is -2.16. The second-order valence-corrected chi connectivity index (χ2v) is 3.35. The number of hydrogen-bond donors (Lipinski definition) is 0. The van der Waals surface area contributed by atoms with Gasteiger partial charge in [-0.25, -0.2) is 0 Å². The summed E-state index contributed by atoms with van der Waals surface area (Å²) in [5, 5.41) is 0. The molecule has 15 heavy (non-hydrogen) atoms. The predicted molar refractivity (Wildman–Crippen MR) is 59.5 cm³/mol. The second-order valence-electron chi connectivity index (χ2n) is 3.35. The fourth-order valence-electron chi connectivity index (χ4n) is 1.38. The summed E-state index contributed by atoms with van der Waals surface area (Å²) in [5.74, 6) is -0.0889. The first kappa shape index (κ1) is 13.9. The van der Waals surface area contributed by atoms with Gasteiger partial charge in [0.05, 0.1) is 12.5 Å². The third-order valence-corrected chi connectivity index (χ3v) is 2.25. The average Bonchev–Trinajstić information content (AvgIpc) is 2.23. The fourth-order valence-corrected chi connectivity index (χ4v) is 1.38. The SMILES string of the molecule is CCOC(=O)C(CC)CCCC=CC=O. The first-order chi connectivity index (χ1) is 7.26. The Bertz CT molecular complexity index is 209. The molecule has 0 aromatic heterocycles. The van der Waals surface area contributed by atoms with Gasteiger partial charge in [-0.1, -0.05) is 13.0 Å². The molecule has 0 aliphatic heterocycles. The first-order valence-electron chi connectivity index (χ1n) is 5.53. The molecule has 0 bridgehead atoms. The van der Waals surface area contributed by atoms with E-state index in [1.165, 1.54) is 6.08 Å². The molecule has 0 aromatic carbocycles. The van der Waals surface area contributed by atoms with E-state index in [1.807, 2.05) is 19.9 Å². The Balaban J connectivity index is 3.74. The highest BCUT2D eigenvalue weighted by atomic mass is 16.5. The van der Waals surface area contributed by atoms with Gasteiger partial charge in [0.2, 0.25) is 0 Å². The Labute approximate surface area is 91.5 Å². The lowest BCUT2D eigenvalue weighted by molar-refractivity contribution is -0.148. The van der Waals surface area contributed by atoms with Crippen molar-refractivity contribution in [2.75, 3.05) is 6.61 Å². The summed E-state index contributed by atoms with van der Waals surface area (Å²) < 4.78 is 4.96. The van der Waals surface area contributed by atoms with Crippen molar-refractivity contribution < 1.29 is 14.3 Å². The van der Waals surface area contributed by atoms with Crippen LogP contribution in [0.25, 0.3) is 0 Å². The van der Waals surface area contributed by atoms with Crippen molar-refractivity contribution in [1.29, 1.82) is 0 Å². The normalized spacial score (nSPS) is 12.7. The van der Waals surface area contributed by atoms with Crippen molar-refractivity contribution in [3.8, 4) is 0 Å². The quantitative estimate of drug-likeness (QED) is 0.269. The molecule has 0 aromatic rings. The number of rotatable bonds is 8. The largest absolute Gasteiger partial charge is 0.466 e. The smallest absolute Gasteiger partial charge is 0.308 e. The van der Waals surface area contributed by atoms with Crippen molar-refractivity contribution in [3.05, 3.63) is 12.2 Å². The van der Waals surface area contributed by atoms with Gasteiger partial charge in [-0.2, -0.15) is 0 Å². The van der Waals surface area contributed by atoms with Crippen LogP contribution in [-0.2, 0) is 14.3 Å². The molecular formula is C12H20O3. The maximum absolute atomic E-state index is 11.4. The molecule has 0 heterocycles. The third-order valence-electron chi connectivity index (χ3n) is 2.25. The van der Waals surface area contributed by atoms with Crippen LogP contribution in [0.1, 0.15) is 39.5 Å². The van der Waals surface area contributed by atoms with Gasteiger partial charge >= 0.3 is 5.97 Å². The van der Waals surface area contributed by atoms with Crippen molar-refractivity contribution in [3.63, 3.8) is 0 Å². The van der Waals surface area contributed by atoms with Crippen LogP contribution in [0.3, 0.4) is 0 Å². The molecule has 0 spiro atoms. The molecule has 0 amide bonds. The van der Waals surface area contributed by atoms with Crippen LogP contribution >= 0.6 is 0 Å². The zero-order valence-corrected chi connectivity index (χ0v) is 9.57. The molecule has 86 valence electrons. The van der Waals surface area contributed by atoms with Crippen LogP contribution in [0.2, 0.25) is 0 Å². The highest BCUT2D eigenvalue weighted by Crippen LogP contribution is 2.14. The van der Waals surface area contributed by atoms with Gasteiger partial charge in [0.25, 0.3) is 0 Å². The minimum atomic E-state index is -0.0978. The fraction of sp³-hybridized carbons (Fsp3) is 0.667. The summed E-state index contributed by atoms with van der Waals surface area (Å²) >= 11 is 0. The molecule has 3 heteroatoms. The van der Waals surface area contributed by atoms with Crippen LogP contribution in [-0.4, -0.2) is 18.9 Å². The van der Waals surface area contributed by atoms with Crippen molar-refractivity contribution in [2.45, 2.75) is 39.5 Å². The molecule has 0 saturated heterocycles. The first-order valence-corrected chi connectivity index (χ1v) is 5.53. The summed E-state index contributed by atoms with van der Waals surface area (Å²) in [4.78, 5) is 21.4. The van der Waals surface area contributed by atoms with Crippen molar-refractivity contribution in [2.24, 2.45) is 5.92 Å². The Hall–Kier alpha value is -1.12. The van der Waals surface area contributed by atoms with Crippen LogP contribution in [0.5, 0.6) is 0 Å². The van der Waals surface area contributed by atoms with E-state index in [-0.39, 0.29) is 11.9 Å². The lowest BCUT2D eigenvalue weighted by atomic mass is 9.99. The Kier molecular flexibility index (Phi) is 8.73. The molecular weight excluding hydrogens is 192 g/mol. The summed E-state index contributed by atoms with van der Waals surface area (Å²) in [7, 11) is 0. The van der Waals surface area contributed by atoms with Crippen LogP contribution in [0.4, 0.5) is 0 Å². The number of carbonyl (C=O) groups is 2. The van der Waals surface area contributed by atoms with Gasteiger partial charge in [0, 0.05) is 0 Å². The molecule has 0 N–H and O–H groups in total. The van der Waals surface area contributed by atoms with E-state index in [2.05, 4.69) is 0 Å². The van der Waals surface area contributed by atoms with Gasteiger partial charge in [-0.3, -0.25) is 9.59 Å². The highest BCUT2D eigenvalue weighted by Gasteiger charge is 2.16. The number of hydrogen-bond acceptors (Lipinski definition) is 3. The second kappa shape index (κ2) is 9.44. The zero-order chi connectivity index (χ0) is 11.5. The van der Waals surface area contributed by atoms with E-state index in [9.17, 15) is 9.59 Å². The summed E-state index contributed by atoms with van der Waals surface area (Å²) in [6, 6.07) is 0. The number of esters is 1. The van der Waals surface area contributed by atoms with Gasteiger partial charge in [-0.15, -0.1) is 0 Å². The van der Waals surface area contributed by atoms with E-state index in [0.29, 0.717) is 6.61 Å². The minimum Gasteiger partial charge on any atom is -0.466 e. The monoisotopic (exact) mass is 212 g/mol. The standard InChI is InChI=1S/C12H20O3/c1-3-11(12(14)15-4-2)9-7-5-6-8-10-13/h6,8,10-11H,3-5,7,9H2,1-2H3. The average molecular weight is 212 g/mol. The van der Waals surface area contributed by atoms with Crippen LogP contribution < -0.4 is 0 Å². The molecule has 1 unspecified atom stereocenters. The lowest BCUT2D eigenvalue weighted by Gasteiger charge is -2.12. The molecule has 0 aliphatic carbocycles. The molecule has 3 nitrogen and oxygen atoms in total. The van der Waals surface area contributed by atoms with E-state index in [1.54, 1.807) is 0 Å². The highest BCUT2D eigenvalue weighted by molar-refractivity contribution is 5.72. The number of ether oxygens (including phenoxy) is 1. The van der Waals surface area contributed by atoms with E-state index < -0.39 is 0 Å². The van der Waals surface area contributed by atoms with Crippen LogP contribution in [0, 0.1) is 5.92 Å². The Morgan fingerprint density at radius 3 is 2.67 bits per heavy atom. The van der Waals surface area contributed by atoms with E-state index in [0.717, 1.165) is 32.0 Å². The maximum atomic E-state index is 11.4. The van der Waals surface area contributed by atoms with Gasteiger partial charge < -0.3 is 4.74 Å². The third kappa shape index (κ3) is 6.89. The summed E-state index contributed by atoms with van der Waals surface area (Å²) in [6.45, 7) is 4.25. The van der Waals surface area contributed by atoms with Gasteiger partial charge in [0.15, 0.2) is 0 Å². The molecule has 0 rings (SSSR count). The van der Waals surface area contributed by atoms with E-state index in [4.69, 9.17) is 4.74 Å². The summed E-state index contributed by atoms with van der Waals surface area (Å²) in [5.41, 5.74) is 0. The molecule has 1 atom stereocenters. The van der Waals surface area contributed by atoms with Crippen molar-refractivity contribution >= 4 is 12.3 Å². The minimum absolute atomic E-state index is 0.00887.